The number of carbonyl (C=O) groups is 1. The lowest BCUT2D eigenvalue weighted by Crippen LogP contribution is -2.30. The van der Waals surface area contributed by atoms with Crippen molar-refractivity contribution in [3.8, 4) is 17.3 Å². The molecule has 10 heteroatoms. The van der Waals surface area contributed by atoms with Gasteiger partial charge in [-0.2, -0.15) is 5.10 Å². The summed E-state index contributed by atoms with van der Waals surface area (Å²) in [5.41, 5.74) is 1.92. The lowest BCUT2D eigenvalue weighted by molar-refractivity contribution is 0.252. The predicted molar refractivity (Wildman–Crippen MR) is 102 cm³/mol. The Hall–Kier alpha value is -4.08. The molecule has 3 aromatic heterocycles. The number of carbonyl (C=O) groups excluding carboxylic acids is 1. The predicted octanol–water partition coefficient (Wildman–Crippen LogP) is 2.82. The van der Waals surface area contributed by atoms with Crippen molar-refractivity contribution in [2.75, 3.05) is 11.9 Å². The molecule has 2 amide bonds. The summed E-state index contributed by atoms with van der Waals surface area (Å²) in [6, 6.07) is 8.96. The first-order valence-electron chi connectivity index (χ1n) is 8.73. The molecule has 0 atom stereocenters. The molecule has 9 nitrogen and oxygen atoms in total. The van der Waals surface area contributed by atoms with E-state index in [1.165, 1.54) is 41.9 Å². The average Bonchev–Trinajstić information content (AvgIpc) is 3.42. The first-order valence-corrected chi connectivity index (χ1v) is 8.73. The Morgan fingerprint density at radius 2 is 2.03 bits per heavy atom. The summed E-state index contributed by atoms with van der Waals surface area (Å²) in [7, 11) is 0. The third-order valence-electron chi connectivity index (χ3n) is 3.97. The van der Waals surface area contributed by atoms with Crippen LogP contribution < -0.4 is 10.6 Å². The molecule has 29 heavy (non-hydrogen) atoms. The summed E-state index contributed by atoms with van der Waals surface area (Å²) in [4.78, 5) is 24.4. The van der Waals surface area contributed by atoms with Crippen molar-refractivity contribution >= 4 is 11.7 Å². The number of nitrogens with one attached hydrogen (secondary N) is 2. The monoisotopic (exact) mass is 393 g/mol. The van der Waals surface area contributed by atoms with Gasteiger partial charge in [-0.3, -0.25) is 0 Å². The van der Waals surface area contributed by atoms with Gasteiger partial charge >= 0.3 is 6.03 Å². The smallest absolute Gasteiger partial charge is 0.319 e. The van der Waals surface area contributed by atoms with Gasteiger partial charge in [-0.15, -0.1) is 0 Å². The van der Waals surface area contributed by atoms with Crippen LogP contribution in [-0.2, 0) is 6.42 Å². The summed E-state index contributed by atoms with van der Waals surface area (Å²) in [6.45, 7) is 0.367. The molecule has 0 unspecified atom stereocenters. The van der Waals surface area contributed by atoms with E-state index in [0.717, 1.165) is 0 Å². The van der Waals surface area contributed by atoms with Crippen LogP contribution in [0.5, 0.6) is 0 Å². The van der Waals surface area contributed by atoms with Crippen LogP contribution in [0.1, 0.15) is 5.69 Å². The summed E-state index contributed by atoms with van der Waals surface area (Å²) < 4.78 is 19.9. The van der Waals surface area contributed by atoms with Crippen LogP contribution in [0, 0.1) is 5.82 Å². The van der Waals surface area contributed by atoms with Crippen LogP contribution in [0.3, 0.4) is 0 Å². The summed E-state index contributed by atoms with van der Waals surface area (Å²) in [6.07, 6.45) is 6.49. The van der Waals surface area contributed by atoms with Crippen molar-refractivity contribution in [1.82, 2.24) is 30.0 Å². The van der Waals surface area contributed by atoms with Gasteiger partial charge in [0.25, 0.3) is 0 Å². The first-order chi connectivity index (χ1) is 14.2. The zero-order chi connectivity index (χ0) is 20.1. The number of hydrogen-bond acceptors (Lipinski definition) is 6. The van der Waals surface area contributed by atoms with E-state index in [-0.39, 0.29) is 11.8 Å². The van der Waals surface area contributed by atoms with Gasteiger partial charge in [0, 0.05) is 18.5 Å². The van der Waals surface area contributed by atoms with Crippen LogP contribution in [0.2, 0.25) is 0 Å². The van der Waals surface area contributed by atoms with Crippen LogP contribution in [-0.4, -0.2) is 37.3 Å². The molecule has 4 rings (SSSR count). The molecule has 4 aromatic rings. The molecular formula is C19H16FN7O2. The summed E-state index contributed by atoms with van der Waals surface area (Å²) in [5, 5.41) is 9.43. The largest absolute Gasteiger partial charge is 0.444 e. The Morgan fingerprint density at radius 1 is 1.17 bits per heavy atom. The molecule has 146 valence electrons. The van der Waals surface area contributed by atoms with E-state index >= 15 is 0 Å². The molecule has 0 bridgehead atoms. The highest BCUT2D eigenvalue weighted by atomic mass is 19.1. The molecule has 0 saturated heterocycles. The molecule has 0 fully saturated rings. The van der Waals surface area contributed by atoms with Gasteiger partial charge in [0.2, 0.25) is 5.89 Å². The third-order valence-corrected chi connectivity index (χ3v) is 3.97. The fourth-order valence-corrected chi connectivity index (χ4v) is 2.55. The topological polar surface area (TPSA) is 111 Å². The minimum absolute atomic E-state index is 0.320. The van der Waals surface area contributed by atoms with Crippen molar-refractivity contribution in [1.29, 1.82) is 0 Å². The second kappa shape index (κ2) is 8.30. The molecule has 0 aliphatic heterocycles. The zero-order valence-corrected chi connectivity index (χ0v) is 15.1. The van der Waals surface area contributed by atoms with Gasteiger partial charge in [0.1, 0.15) is 24.7 Å². The van der Waals surface area contributed by atoms with Gasteiger partial charge in [-0.25, -0.2) is 28.8 Å². The maximum atomic E-state index is 13.0. The Balaban J connectivity index is 1.25. The molecule has 0 saturated carbocycles. The van der Waals surface area contributed by atoms with E-state index in [1.54, 1.807) is 24.3 Å². The van der Waals surface area contributed by atoms with E-state index in [0.29, 0.717) is 41.6 Å². The highest BCUT2D eigenvalue weighted by Crippen LogP contribution is 2.19. The number of oxazole rings is 1. The maximum absolute atomic E-state index is 13.0. The van der Waals surface area contributed by atoms with Crippen LogP contribution >= 0.6 is 0 Å². The van der Waals surface area contributed by atoms with Crippen molar-refractivity contribution < 1.29 is 13.6 Å². The van der Waals surface area contributed by atoms with E-state index in [9.17, 15) is 9.18 Å². The van der Waals surface area contributed by atoms with Crippen molar-refractivity contribution in [2.45, 2.75) is 6.42 Å². The number of halogens is 1. The van der Waals surface area contributed by atoms with Gasteiger partial charge in [0.05, 0.1) is 17.6 Å². The second-order valence-corrected chi connectivity index (χ2v) is 6.03. The van der Waals surface area contributed by atoms with Gasteiger partial charge in [-0.05, 0) is 36.4 Å². The van der Waals surface area contributed by atoms with Gasteiger partial charge < -0.3 is 15.1 Å². The zero-order valence-electron chi connectivity index (χ0n) is 15.1. The first kappa shape index (κ1) is 18.3. The number of benzene rings is 1. The number of nitrogens with zero attached hydrogens (tertiary/aromatic N) is 5. The lowest BCUT2D eigenvalue weighted by Gasteiger charge is -2.07. The fourth-order valence-electron chi connectivity index (χ4n) is 2.55. The molecule has 1 aromatic carbocycles. The molecule has 0 radical (unpaired) electrons. The highest BCUT2D eigenvalue weighted by molar-refractivity contribution is 5.89. The maximum Gasteiger partial charge on any atom is 0.319 e. The van der Waals surface area contributed by atoms with Gasteiger partial charge in [0.15, 0.2) is 5.82 Å². The third kappa shape index (κ3) is 4.61. The molecule has 0 spiro atoms. The van der Waals surface area contributed by atoms with E-state index in [2.05, 4.69) is 30.7 Å². The Bertz CT molecular complexity index is 1080. The second-order valence-electron chi connectivity index (χ2n) is 6.03. The number of aromatic nitrogens is 5. The summed E-state index contributed by atoms with van der Waals surface area (Å²) >= 11 is 0. The van der Waals surface area contributed by atoms with Crippen LogP contribution in [0.15, 0.2) is 65.9 Å². The van der Waals surface area contributed by atoms with Crippen molar-refractivity contribution in [3.05, 3.63) is 73.0 Å². The van der Waals surface area contributed by atoms with Crippen LogP contribution in [0.4, 0.5) is 14.9 Å². The Kier molecular flexibility index (Phi) is 5.23. The van der Waals surface area contributed by atoms with Crippen LogP contribution in [0.25, 0.3) is 17.3 Å². The van der Waals surface area contributed by atoms with Gasteiger partial charge in [-0.1, -0.05) is 0 Å². The van der Waals surface area contributed by atoms with E-state index in [4.69, 9.17) is 4.42 Å². The number of anilines is 1. The summed E-state index contributed by atoms with van der Waals surface area (Å²) in [5.74, 6) is 0.679. The molecule has 3 heterocycles. The standard InChI is InChI=1S/C19H16FN7O2/c20-14-3-1-13(2-4-14)18-25-16(10-29-18)7-8-22-19(28)26-15-5-6-17(23-9-15)27-12-21-11-24-27/h1-6,9-12H,7-8H2,(H2,22,26,28). The van der Waals surface area contributed by atoms with E-state index < -0.39 is 0 Å². The fraction of sp³-hybridized carbons (Fsp3) is 0.105. The number of hydrogen-bond donors (Lipinski definition) is 2. The lowest BCUT2D eigenvalue weighted by atomic mass is 10.2. The number of amides is 2. The molecule has 2 N–H and O–H groups in total. The molecular weight excluding hydrogens is 377 g/mol. The highest BCUT2D eigenvalue weighted by Gasteiger charge is 2.08. The van der Waals surface area contributed by atoms with Crippen molar-refractivity contribution in [3.63, 3.8) is 0 Å². The van der Waals surface area contributed by atoms with Crippen molar-refractivity contribution in [2.24, 2.45) is 0 Å². The minimum Gasteiger partial charge on any atom is -0.444 e. The number of urea groups is 1. The number of rotatable bonds is 6. The quantitative estimate of drug-likeness (QED) is 0.521. The number of pyridine rings is 1. The molecule has 0 aliphatic carbocycles. The SMILES string of the molecule is O=C(NCCc1coc(-c2ccc(F)cc2)n1)Nc1ccc(-n2cncn2)nc1. The Morgan fingerprint density at radius 3 is 2.76 bits per heavy atom. The van der Waals surface area contributed by atoms with E-state index in [1.807, 2.05) is 0 Å². The average molecular weight is 393 g/mol. The minimum atomic E-state index is -0.359. The molecule has 0 aliphatic rings. The normalized spacial score (nSPS) is 10.7. The Labute approximate surface area is 164 Å².